The molecule has 0 unspecified atom stereocenters. The van der Waals surface area contributed by atoms with Crippen molar-refractivity contribution in [3.63, 3.8) is 0 Å². The minimum absolute atomic E-state index is 0.0699. The molecule has 166 valence electrons. The van der Waals surface area contributed by atoms with Crippen LogP contribution in [0.2, 0.25) is 5.02 Å². The summed E-state index contributed by atoms with van der Waals surface area (Å²) in [6.07, 6.45) is 0. The topological polar surface area (TPSA) is 104 Å². The summed E-state index contributed by atoms with van der Waals surface area (Å²) in [5, 5.41) is 0.476. The van der Waals surface area contributed by atoms with Gasteiger partial charge in [-0.1, -0.05) is 36.7 Å². The predicted molar refractivity (Wildman–Crippen MR) is 126 cm³/mol. The lowest BCUT2D eigenvalue weighted by atomic mass is 10.2. The summed E-state index contributed by atoms with van der Waals surface area (Å²) in [5.74, 6) is -0.326. The first kappa shape index (κ1) is 23.6. The maximum Gasteiger partial charge on any atom is 0.270 e. The Morgan fingerprint density at radius 3 is 2.31 bits per heavy atom. The van der Waals surface area contributed by atoms with Gasteiger partial charge in [-0.2, -0.15) is 0 Å². The average molecular weight is 490 g/mol. The standard InChI is InChI=1S/C22H20ClN3O4S2/c1-2-31-20-9-4-3-8-19(20)22(28)25-24-21(27)15-6-5-7-18(14-15)32(29,30)26-17-12-10-16(23)11-13-17/h3-14,26H,2H2,1H3,(H,24,27)(H,25,28). The second-order valence-corrected chi connectivity index (χ2v) is 9.90. The third-order valence-corrected chi connectivity index (χ3v) is 6.81. The highest BCUT2D eigenvalue weighted by Crippen LogP contribution is 2.22. The number of hydrogen-bond acceptors (Lipinski definition) is 5. The predicted octanol–water partition coefficient (Wildman–Crippen LogP) is 4.33. The lowest BCUT2D eigenvalue weighted by Gasteiger charge is -2.12. The molecule has 3 aromatic rings. The largest absolute Gasteiger partial charge is 0.280 e. The van der Waals surface area contributed by atoms with Gasteiger partial charge in [0.15, 0.2) is 0 Å². The summed E-state index contributed by atoms with van der Waals surface area (Å²) in [4.78, 5) is 25.7. The highest BCUT2D eigenvalue weighted by atomic mass is 35.5. The Bertz CT molecular complexity index is 1230. The van der Waals surface area contributed by atoms with Crippen LogP contribution in [0.1, 0.15) is 27.6 Å². The third-order valence-electron chi connectivity index (χ3n) is 4.22. The number of anilines is 1. The second kappa shape index (κ2) is 10.5. The first-order valence-electron chi connectivity index (χ1n) is 9.51. The average Bonchev–Trinajstić information content (AvgIpc) is 2.79. The van der Waals surface area contributed by atoms with E-state index in [2.05, 4.69) is 15.6 Å². The van der Waals surface area contributed by atoms with Gasteiger partial charge in [0.25, 0.3) is 21.8 Å². The Morgan fingerprint density at radius 2 is 1.59 bits per heavy atom. The Labute approximate surface area is 195 Å². The van der Waals surface area contributed by atoms with E-state index in [1.54, 1.807) is 24.3 Å². The van der Waals surface area contributed by atoms with Gasteiger partial charge in [-0.15, -0.1) is 11.8 Å². The molecule has 0 saturated heterocycles. The van der Waals surface area contributed by atoms with E-state index in [4.69, 9.17) is 11.6 Å². The fourth-order valence-electron chi connectivity index (χ4n) is 2.73. The number of hydrogen-bond donors (Lipinski definition) is 3. The Kier molecular flexibility index (Phi) is 7.79. The van der Waals surface area contributed by atoms with E-state index in [0.717, 1.165) is 10.6 Å². The van der Waals surface area contributed by atoms with Crippen LogP contribution in [0, 0.1) is 0 Å². The Morgan fingerprint density at radius 1 is 0.906 bits per heavy atom. The maximum absolute atomic E-state index is 12.7. The third kappa shape index (κ3) is 6.03. The van der Waals surface area contributed by atoms with Crippen molar-refractivity contribution in [2.45, 2.75) is 16.7 Å². The summed E-state index contributed by atoms with van der Waals surface area (Å²) in [6.45, 7) is 1.98. The van der Waals surface area contributed by atoms with Crippen LogP contribution < -0.4 is 15.6 Å². The van der Waals surface area contributed by atoms with E-state index in [-0.39, 0.29) is 10.5 Å². The highest BCUT2D eigenvalue weighted by Gasteiger charge is 2.17. The van der Waals surface area contributed by atoms with Gasteiger partial charge < -0.3 is 0 Å². The van der Waals surface area contributed by atoms with Crippen LogP contribution >= 0.6 is 23.4 Å². The number of nitrogens with one attached hydrogen (secondary N) is 3. The van der Waals surface area contributed by atoms with Crippen LogP contribution in [0.15, 0.2) is 82.6 Å². The molecule has 0 spiro atoms. The van der Waals surface area contributed by atoms with Crippen LogP contribution in [0.3, 0.4) is 0 Å². The van der Waals surface area contributed by atoms with Crippen LogP contribution in [0.4, 0.5) is 5.69 Å². The molecule has 0 atom stereocenters. The number of benzene rings is 3. The van der Waals surface area contributed by atoms with Gasteiger partial charge in [0.1, 0.15) is 0 Å². The SMILES string of the molecule is CCSc1ccccc1C(=O)NNC(=O)c1cccc(S(=O)(=O)Nc2ccc(Cl)cc2)c1. The van der Waals surface area contributed by atoms with E-state index in [9.17, 15) is 18.0 Å². The van der Waals surface area contributed by atoms with Crippen LogP contribution in [-0.2, 0) is 10.0 Å². The number of amides is 2. The number of carbonyl (C=O) groups is 2. The molecule has 0 aliphatic rings. The molecule has 0 fully saturated rings. The lowest BCUT2D eigenvalue weighted by Crippen LogP contribution is -2.41. The molecule has 0 saturated carbocycles. The van der Waals surface area contributed by atoms with Crippen molar-refractivity contribution in [1.82, 2.24) is 10.9 Å². The van der Waals surface area contributed by atoms with Crippen molar-refractivity contribution in [2.75, 3.05) is 10.5 Å². The molecule has 0 aliphatic carbocycles. The number of hydrazine groups is 1. The molecule has 7 nitrogen and oxygen atoms in total. The fraction of sp³-hybridized carbons (Fsp3) is 0.0909. The molecule has 3 aromatic carbocycles. The molecule has 3 N–H and O–H groups in total. The molecule has 0 radical (unpaired) electrons. The molecule has 3 rings (SSSR count). The first-order chi connectivity index (χ1) is 15.3. The van der Waals surface area contributed by atoms with Gasteiger partial charge >= 0.3 is 0 Å². The van der Waals surface area contributed by atoms with Gasteiger partial charge in [-0.3, -0.25) is 25.2 Å². The number of carbonyl (C=O) groups excluding carboxylic acids is 2. The molecule has 10 heteroatoms. The van der Waals surface area contributed by atoms with Crippen molar-refractivity contribution in [2.24, 2.45) is 0 Å². The highest BCUT2D eigenvalue weighted by molar-refractivity contribution is 7.99. The van der Waals surface area contributed by atoms with Crippen LogP contribution in [0.25, 0.3) is 0 Å². The van der Waals surface area contributed by atoms with E-state index in [0.29, 0.717) is 16.3 Å². The fourth-order valence-corrected chi connectivity index (χ4v) is 4.76. The van der Waals surface area contributed by atoms with E-state index >= 15 is 0 Å². The number of rotatable bonds is 7. The second-order valence-electron chi connectivity index (χ2n) is 6.48. The summed E-state index contributed by atoms with van der Waals surface area (Å²) < 4.78 is 27.8. The van der Waals surface area contributed by atoms with Crippen LogP contribution in [-0.4, -0.2) is 26.0 Å². The zero-order valence-electron chi connectivity index (χ0n) is 17.0. The van der Waals surface area contributed by atoms with Gasteiger partial charge in [-0.05, 0) is 60.4 Å². The summed E-state index contributed by atoms with van der Waals surface area (Å²) in [5.41, 5.74) is 5.53. The van der Waals surface area contributed by atoms with Gasteiger partial charge in [0.05, 0.1) is 10.5 Å². The quantitative estimate of drug-likeness (QED) is 0.338. The van der Waals surface area contributed by atoms with E-state index < -0.39 is 21.8 Å². The van der Waals surface area contributed by atoms with Crippen molar-refractivity contribution in [3.8, 4) is 0 Å². The van der Waals surface area contributed by atoms with Gasteiger partial charge in [0.2, 0.25) is 0 Å². The number of halogens is 1. The van der Waals surface area contributed by atoms with E-state index in [1.165, 1.54) is 48.2 Å². The zero-order chi connectivity index (χ0) is 23.1. The Hall–Kier alpha value is -3.01. The van der Waals surface area contributed by atoms with Gasteiger partial charge in [-0.25, -0.2) is 8.42 Å². The first-order valence-corrected chi connectivity index (χ1v) is 12.4. The zero-order valence-corrected chi connectivity index (χ0v) is 19.4. The van der Waals surface area contributed by atoms with E-state index in [1.807, 2.05) is 19.1 Å². The maximum atomic E-state index is 12.7. The van der Waals surface area contributed by atoms with Crippen molar-refractivity contribution >= 4 is 50.9 Å². The van der Waals surface area contributed by atoms with Crippen molar-refractivity contribution in [1.29, 1.82) is 0 Å². The van der Waals surface area contributed by atoms with Crippen molar-refractivity contribution < 1.29 is 18.0 Å². The summed E-state index contributed by atoms with van der Waals surface area (Å²) in [6, 6.07) is 18.7. The monoisotopic (exact) mass is 489 g/mol. The van der Waals surface area contributed by atoms with Gasteiger partial charge in [0, 0.05) is 21.2 Å². The smallest absolute Gasteiger partial charge is 0.270 e. The molecular formula is C22H20ClN3O4S2. The summed E-state index contributed by atoms with van der Waals surface area (Å²) >= 11 is 7.33. The van der Waals surface area contributed by atoms with Crippen LogP contribution in [0.5, 0.6) is 0 Å². The number of thioether (sulfide) groups is 1. The lowest BCUT2D eigenvalue weighted by molar-refractivity contribution is 0.0845. The molecular weight excluding hydrogens is 470 g/mol. The molecule has 0 bridgehead atoms. The molecule has 32 heavy (non-hydrogen) atoms. The molecule has 0 heterocycles. The molecule has 0 aliphatic heterocycles. The van der Waals surface area contributed by atoms with Crippen molar-refractivity contribution in [3.05, 3.63) is 88.9 Å². The molecule has 2 amide bonds. The Balaban J connectivity index is 1.70. The minimum Gasteiger partial charge on any atom is -0.280 e. The number of sulfonamides is 1. The molecule has 0 aromatic heterocycles. The minimum atomic E-state index is -3.93. The normalized spacial score (nSPS) is 10.9. The summed E-state index contributed by atoms with van der Waals surface area (Å²) in [7, 11) is -3.93.